The highest BCUT2D eigenvalue weighted by Crippen LogP contribution is 2.44. The van der Waals surface area contributed by atoms with E-state index in [1.54, 1.807) is 0 Å². The normalized spacial score (nSPS) is 13.9. The molecule has 44 heavy (non-hydrogen) atoms. The van der Waals surface area contributed by atoms with Crippen molar-refractivity contribution in [3.8, 4) is 39.3 Å². The Bertz CT molecular complexity index is 1920. The highest BCUT2D eigenvalue weighted by Gasteiger charge is 2.34. The highest BCUT2D eigenvalue weighted by atomic mass is 19.1. The summed E-state index contributed by atoms with van der Waals surface area (Å²) in [6.45, 7) is 11.8. The number of fused-ring (bicyclic) bond motifs is 2. The molecule has 6 nitrogen and oxygen atoms in total. The summed E-state index contributed by atoms with van der Waals surface area (Å²) in [4.78, 5) is 17.9. The molecule has 226 valence electrons. The van der Waals surface area contributed by atoms with Crippen LogP contribution in [0.1, 0.15) is 61.1 Å². The maximum Gasteiger partial charge on any atom is 0.337 e. The van der Waals surface area contributed by atoms with Gasteiger partial charge in [0.2, 0.25) is 0 Å². The lowest BCUT2D eigenvalue weighted by atomic mass is 9.87. The third-order valence-corrected chi connectivity index (χ3v) is 8.26. The van der Waals surface area contributed by atoms with Crippen LogP contribution in [0.25, 0.3) is 39.2 Å². The molecule has 0 fully saturated rings. The number of halogens is 1. The summed E-state index contributed by atoms with van der Waals surface area (Å²) in [5.41, 5.74) is 8.77. The summed E-state index contributed by atoms with van der Waals surface area (Å²) in [6.07, 6.45) is 3.98. The number of aliphatic carboxylic acids is 1. The van der Waals surface area contributed by atoms with Gasteiger partial charge in [-0.2, -0.15) is 0 Å². The lowest BCUT2D eigenvalue weighted by Gasteiger charge is -2.29. The van der Waals surface area contributed by atoms with Crippen molar-refractivity contribution in [3.63, 3.8) is 0 Å². The Balaban J connectivity index is 1.63. The summed E-state index contributed by atoms with van der Waals surface area (Å²) in [5, 5.41) is 10.5. The van der Waals surface area contributed by atoms with Crippen LogP contribution in [0.4, 0.5) is 4.39 Å². The molecular weight excluding hydrogens is 555 g/mol. The van der Waals surface area contributed by atoms with Gasteiger partial charge in [-0.3, -0.25) is 0 Å². The number of aromatic nitrogens is 2. The second-order valence-electron chi connectivity index (χ2n) is 12.6. The zero-order valence-electron chi connectivity index (χ0n) is 26.0. The number of aryl methyl sites for hydroxylation is 2. The lowest BCUT2D eigenvalue weighted by Crippen LogP contribution is -2.28. The van der Waals surface area contributed by atoms with Gasteiger partial charge in [0.25, 0.3) is 0 Å². The number of hydrogen-bond acceptors (Lipinski definition) is 4. The summed E-state index contributed by atoms with van der Waals surface area (Å²) in [6, 6.07) is 17.9. The third kappa shape index (κ3) is 5.37. The van der Waals surface area contributed by atoms with Crippen LogP contribution in [0.3, 0.4) is 0 Å². The first-order valence-corrected chi connectivity index (χ1v) is 15.0. The van der Waals surface area contributed by atoms with Crippen LogP contribution in [0.15, 0.2) is 67.0 Å². The van der Waals surface area contributed by atoms with Crippen molar-refractivity contribution in [3.05, 3.63) is 101 Å². The van der Waals surface area contributed by atoms with Crippen molar-refractivity contribution >= 4 is 11.6 Å². The minimum Gasteiger partial charge on any atom is -0.490 e. The number of carboxylic acids is 1. The molecule has 3 heterocycles. The zero-order valence-corrected chi connectivity index (χ0v) is 26.0. The van der Waals surface area contributed by atoms with Crippen molar-refractivity contribution in [2.45, 2.75) is 66.1 Å². The number of rotatable bonds is 6. The topological polar surface area (TPSA) is 73.1 Å². The molecule has 0 amide bonds. The van der Waals surface area contributed by atoms with E-state index in [1.165, 1.54) is 11.6 Å². The number of carbonyl (C=O) groups is 1. The van der Waals surface area contributed by atoms with Gasteiger partial charge in [0.1, 0.15) is 5.65 Å². The van der Waals surface area contributed by atoms with Gasteiger partial charge >= 0.3 is 5.97 Å². The number of nitrogens with zero attached hydrogens (tertiary/aromatic N) is 2. The molecule has 0 bridgehead atoms. The number of imidazole rings is 1. The number of benzene rings is 3. The van der Waals surface area contributed by atoms with Crippen molar-refractivity contribution < 1.29 is 23.8 Å². The molecule has 1 aliphatic rings. The Morgan fingerprint density at radius 1 is 1.00 bits per heavy atom. The van der Waals surface area contributed by atoms with Crippen LogP contribution in [0.5, 0.6) is 5.75 Å². The van der Waals surface area contributed by atoms with Gasteiger partial charge in [-0.05, 0) is 99.9 Å². The first-order valence-electron chi connectivity index (χ1n) is 15.0. The molecule has 1 atom stereocenters. The molecule has 1 unspecified atom stereocenters. The van der Waals surface area contributed by atoms with Crippen molar-refractivity contribution in [1.29, 1.82) is 0 Å². The first-order chi connectivity index (χ1) is 20.9. The van der Waals surface area contributed by atoms with Gasteiger partial charge in [-0.15, -0.1) is 0 Å². The van der Waals surface area contributed by atoms with Crippen molar-refractivity contribution in [2.75, 3.05) is 6.61 Å². The molecule has 5 aromatic rings. The van der Waals surface area contributed by atoms with Crippen LogP contribution in [-0.4, -0.2) is 32.7 Å². The van der Waals surface area contributed by atoms with Crippen molar-refractivity contribution in [1.82, 2.24) is 9.38 Å². The van der Waals surface area contributed by atoms with Gasteiger partial charge < -0.3 is 19.0 Å². The maximum absolute atomic E-state index is 15.7. The van der Waals surface area contributed by atoms with Crippen LogP contribution >= 0.6 is 0 Å². The molecule has 7 heteroatoms. The van der Waals surface area contributed by atoms with E-state index in [9.17, 15) is 9.90 Å². The Hall–Kier alpha value is -4.49. The molecule has 2 aromatic heterocycles. The van der Waals surface area contributed by atoms with Gasteiger partial charge in [0.05, 0.1) is 17.9 Å². The van der Waals surface area contributed by atoms with E-state index in [0.29, 0.717) is 40.9 Å². The second-order valence-corrected chi connectivity index (χ2v) is 12.6. The summed E-state index contributed by atoms with van der Waals surface area (Å²) in [7, 11) is 0. The first kappa shape index (κ1) is 29.6. The summed E-state index contributed by atoms with van der Waals surface area (Å²) < 4.78 is 29.5. The van der Waals surface area contributed by atoms with E-state index in [-0.39, 0.29) is 5.75 Å². The fraction of sp³-hybridized carbons (Fsp3) is 0.297. The van der Waals surface area contributed by atoms with Crippen LogP contribution in [0, 0.1) is 26.6 Å². The molecule has 0 saturated carbocycles. The quantitative estimate of drug-likeness (QED) is 0.214. The molecule has 1 aliphatic heterocycles. The predicted octanol–water partition coefficient (Wildman–Crippen LogP) is 8.67. The molecule has 0 radical (unpaired) electrons. The van der Waals surface area contributed by atoms with Gasteiger partial charge in [0.15, 0.2) is 17.7 Å². The van der Waals surface area contributed by atoms with E-state index in [4.69, 9.17) is 14.5 Å². The number of carboxylic acid groups (broad SMARTS) is 1. The van der Waals surface area contributed by atoms with Gasteiger partial charge in [0, 0.05) is 34.6 Å². The second kappa shape index (κ2) is 11.2. The van der Waals surface area contributed by atoms with E-state index >= 15 is 4.39 Å². The van der Waals surface area contributed by atoms with Crippen molar-refractivity contribution in [2.24, 2.45) is 0 Å². The number of pyridine rings is 1. The average Bonchev–Trinajstić information content (AvgIpc) is 3.41. The van der Waals surface area contributed by atoms with E-state index in [0.717, 1.165) is 39.9 Å². The van der Waals surface area contributed by atoms with Gasteiger partial charge in [-0.25, -0.2) is 14.2 Å². The average molecular weight is 593 g/mol. The fourth-order valence-corrected chi connectivity index (χ4v) is 6.26. The third-order valence-electron chi connectivity index (χ3n) is 8.26. The summed E-state index contributed by atoms with van der Waals surface area (Å²) >= 11 is 0. The smallest absolute Gasteiger partial charge is 0.337 e. The number of ether oxygens (including phenoxy) is 2. The van der Waals surface area contributed by atoms with E-state index in [2.05, 4.69) is 31.2 Å². The largest absolute Gasteiger partial charge is 0.490 e. The van der Waals surface area contributed by atoms with Crippen LogP contribution < -0.4 is 4.74 Å². The van der Waals surface area contributed by atoms with Gasteiger partial charge in [-0.1, -0.05) is 42.5 Å². The summed E-state index contributed by atoms with van der Waals surface area (Å²) in [5.74, 6) is -1.31. The molecule has 6 rings (SSSR count). The fourth-order valence-electron chi connectivity index (χ4n) is 6.26. The Kier molecular flexibility index (Phi) is 7.54. The highest BCUT2D eigenvalue weighted by molar-refractivity contribution is 5.90. The Morgan fingerprint density at radius 2 is 1.75 bits per heavy atom. The minimum absolute atomic E-state index is 0.278. The minimum atomic E-state index is -1.30. The Labute approximate surface area is 257 Å². The van der Waals surface area contributed by atoms with E-state index in [1.807, 2.05) is 75.7 Å². The standard InChI is InChI=1S/C37H37FN2O4/c1-21-11-7-8-14-26(21)24-12-9-13-25(17-24)30-20-40-19-22(2)31(34(36(41)42)44-37(4,5)6)32(35(40)39-30)28-18-29(38)33-27(23(28)3)15-10-16-43-33/h7-9,11-14,17-20,34H,10,15-16H2,1-6H3,(H,41,42). The Morgan fingerprint density at radius 3 is 2.48 bits per heavy atom. The van der Waals surface area contributed by atoms with Crippen LogP contribution in [-0.2, 0) is 16.0 Å². The monoisotopic (exact) mass is 592 g/mol. The molecule has 0 spiro atoms. The molecule has 3 aromatic carbocycles. The molecule has 0 saturated heterocycles. The molecule has 1 N–H and O–H groups in total. The molecule has 0 aliphatic carbocycles. The maximum atomic E-state index is 15.7. The SMILES string of the molecule is Cc1ccccc1-c1cccc(-c2cn3cc(C)c(C(OC(C)(C)C)C(=O)O)c(-c4cc(F)c5c(c4C)CCCO5)c3n2)c1. The van der Waals surface area contributed by atoms with E-state index < -0.39 is 23.5 Å². The zero-order chi connectivity index (χ0) is 31.3. The number of hydrogen-bond donors (Lipinski definition) is 1. The molecular formula is C37H37FN2O4. The van der Waals surface area contributed by atoms with Crippen LogP contribution in [0.2, 0.25) is 0 Å². The predicted molar refractivity (Wildman–Crippen MR) is 171 cm³/mol. The lowest BCUT2D eigenvalue weighted by molar-refractivity contribution is -0.160.